The van der Waals surface area contributed by atoms with Gasteiger partial charge in [-0.2, -0.15) is 4.98 Å². The van der Waals surface area contributed by atoms with E-state index in [4.69, 9.17) is 11.6 Å². The molecular formula is C17H12ClFN6O3. The van der Waals surface area contributed by atoms with Gasteiger partial charge in [0.2, 0.25) is 5.95 Å². The van der Waals surface area contributed by atoms with Gasteiger partial charge in [0.15, 0.2) is 0 Å². The second kappa shape index (κ2) is 8.27. The van der Waals surface area contributed by atoms with Gasteiger partial charge in [-0.3, -0.25) is 15.4 Å². The van der Waals surface area contributed by atoms with Crippen LogP contribution in [0.15, 0.2) is 54.7 Å². The average Bonchev–Trinajstić information content (AvgIpc) is 2.65. The van der Waals surface area contributed by atoms with E-state index >= 15 is 0 Å². The quantitative estimate of drug-likeness (QED) is 0.424. The fraction of sp³-hybridized carbons (Fsp3) is 0. The molecule has 3 N–H and O–H groups in total. The lowest BCUT2D eigenvalue weighted by atomic mass is 10.3. The molecule has 2 aromatic carbocycles. The average molecular weight is 403 g/mol. The summed E-state index contributed by atoms with van der Waals surface area (Å²) in [6, 6.07) is 10.3. The van der Waals surface area contributed by atoms with E-state index in [1.165, 1.54) is 54.7 Å². The molecule has 2 amide bonds. The highest BCUT2D eigenvalue weighted by Gasteiger charge is 2.09. The summed E-state index contributed by atoms with van der Waals surface area (Å²) in [5.41, 5.74) is 0.564. The molecule has 0 unspecified atom stereocenters. The van der Waals surface area contributed by atoms with Crippen LogP contribution in [0, 0.1) is 15.9 Å². The number of rotatable bonds is 5. The lowest BCUT2D eigenvalue weighted by Crippen LogP contribution is -2.20. The van der Waals surface area contributed by atoms with Crippen molar-refractivity contribution in [1.29, 1.82) is 0 Å². The van der Waals surface area contributed by atoms with Gasteiger partial charge in [0, 0.05) is 29.7 Å². The molecule has 1 aromatic heterocycles. The Labute approximate surface area is 162 Å². The lowest BCUT2D eigenvalue weighted by Gasteiger charge is -2.09. The number of urea groups is 1. The number of anilines is 4. The monoisotopic (exact) mass is 402 g/mol. The molecule has 0 aliphatic heterocycles. The van der Waals surface area contributed by atoms with Crippen LogP contribution in [-0.4, -0.2) is 20.9 Å². The normalized spacial score (nSPS) is 10.2. The summed E-state index contributed by atoms with van der Waals surface area (Å²) in [6.45, 7) is 0. The van der Waals surface area contributed by atoms with Gasteiger partial charge in [-0.05, 0) is 30.3 Å². The van der Waals surface area contributed by atoms with Gasteiger partial charge < -0.3 is 10.6 Å². The second-order valence-electron chi connectivity index (χ2n) is 5.41. The van der Waals surface area contributed by atoms with E-state index < -0.39 is 16.8 Å². The summed E-state index contributed by atoms with van der Waals surface area (Å²) in [6.07, 6.45) is 1.41. The van der Waals surface area contributed by atoms with Crippen molar-refractivity contribution in [2.45, 2.75) is 0 Å². The first-order valence-electron chi connectivity index (χ1n) is 7.78. The van der Waals surface area contributed by atoms with Crippen molar-refractivity contribution < 1.29 is 14.1 Å². The molecule has 3 rings (SSSR count). The molecule has 1 heterocycles. The summed E-state index contributed by atoms with van der Waals surface area (Å²) in [7, 11) is 0. The van der Waals surface area contributed by atoms with Gasteiger partial charge in [-0.1, -0.05) is 17.7 Å². The topological polar surface area (TPSA) is 122 Å². The van der Waals surface area contributed by atoms with E-state index in [0.29, 0.717) is 5.69 Å². The number of nitro groups is 1. The van der Waals surface area contributed by atoms with Crippen LogP contribution in [-0.2, 0) is 0 Å². The molecule has 0 radical (unpaired) electrons. The molecule has 0 bridgehead atoms. The number of aromatic nitrogens is 2. The zero-order valence-corrected chi connectivity index (χ0v) is 14.8. The first kappa shape index (κ1) is 19.0. The fourth-order valence-electron chi connectivity index (χ4n) is 2.17. The molecule has 0 spiro atoms. The van der Waals surface area contributed by atoms with E-state index in [1.54, 1.807) is 0 Å². The van der Waals surface area contributed by atoms with Gasteiger partial charge >= 0.3 is 6.03 Å². The minimum atomic E-state index is -0.644. The smallest absolute Gasteiger partial charge is 0.324 e. The number of nitro benzene ring substituents is 1. The van der Waals surface area contributed by atoms with E-state index in [2.05, 4.69) is 25.9 Å². The number of hydrogen-bond donors (Lipinski definition) is 3. The summed E-state index contributed by atoms with van der Waals surface area (Å²) in [5.74, 6) is -0.231. The van der Waals surface area contributed by atoms with Gasteiger partial charge in [-0.25, -0.2) is 14.2 Å². The van der Waals surface area contributed by atoms with Crippen LogP contribution < -0.4 is 16.0 Å². The molecule has 0 atom stereocenters. The Morgan fingerprint density at radius 2 is 1.93 bits per heavy atom. The van der Waals surface area contributed by atoms with Crippen LogP contribution in [0.2, 0.25) is 5.02 Å². The zero-order chi connectivity index (χ0) is 20.1. The number of nitrogens with one attached hydrogen (secondary N) is 3. The highest BCUT2D eigenvalue weighted by atomic mass is 35.5. The van der Waals surface area contributed by atoms with Crippen molar-refractivity contribution in [3.63, 3.8) is 0 Å². The van der Waals surface area contributed by atoms with Crippen LogP contribution in [0.4, 0.5) is 38.0 Å². The summed E-state index contributed by atoms with van der Waals surface area (Å²) in [4.78, 5) is 30.4. The van der Waals surface area contributed by atoms with E-state index in [0.717, 1.165) is 0 Å². The predicted octanol–water partition coefficient (Wildman–Crippen LogP) is 4.56. The Hall–Kier alpha value is -3.79. The van der Waals surface area contributed by atoms with Crippen molar-refractivity contribution in [2.75, 3.05) is 16.0 Å². The Morgan fingerprint density at radius 1 is 1.11 bits per heavy atom. The Balaban J connectivity index is 1.66. The van der Waals surface area contributed by atoms with Crippen molar-refractivity contribution in [1.82, 2.24) is 9.97 Å². The maximum absolute atomic E-state index is 13.2. The number of amides is 2. The molecular weight excluding hydrogens is 391 g/mol. The third kappa shape index (κ3) is 4.89. The highest BCUT2D eigenvalue weighted by molar-refractivity contribution is 6.31. The number of hydrogen-bond acceptors (Lipinski definition) is 6. The third-order valence-electron chi connectivity index (χ3n) is 3.39. The first-order valence-corrected chi connectivity index (χ1v) is 8.16. The molecule has 3 aromatic rings. The largest absolute Gasteiger partial charge is 0.324 e. The summed E-state index contributed by atoms with van der Waals surface area (Å²) in [5, 5.41) is 18.5. The SMILES string of the molecule is O=C(Nc1cccc([N+](=O)[O-])c1)Nc1ccnc(Nc2ccc(F)c(Cl)c2)n1. The third-order valence-corrected chi connectivity index (χ3v) is 3.68. The molecule has 28 heavy (non-hydrogen) atoms. The van der Waals surface area contributed by atoms with Crippen molar-refractivity contribution in [3.05, 3.63) is 75.7 Å². The van der Waals surface area contributed by atoms with E-state index in [1.807, 2.05) is 0 Å². The molecule has 0 aliphatic rings. The van der Waals surface area contributed by atoms with Crippen LogP contribution in [0.3, 0.4) is 0 Å². The Kier molecular flexibility index (Phi) is 5.61. The van der Waals surface area contributed by atoms with Gasteiger partial charge in [0.1, 0.15) is 11.6 Å². The molecule has 0 saturated heterocycles. The number of non-ortho nitro benzene ring substituents is 1. The maximum Gasteiger partial charge on any atom is 0.324 e. The number of nitrogens with zero attached hydrogens (tertiary/aromatic N) is 3. The minimum Gasteiger partial charge on any atom is -0.324 e. The van der Waals surface area contributed by atoms with Gasteiger partial charge in [0.25, 0.3) is 5.69 Å². The summed E-state index contributed by atoms with van der Waals surface area (Å²) >= 11 is 5.72. The van der Waals surface area contributed by atoms with Gasteiger partial charge in [-0.15, -0.1) is 0 Å². The van der Waals surface area contributed by atoms with Crippen LogP contribution in [0.1, 0.15) is 0 Å². The molecule has 0 saturated carbocycles. The van der Waals surface area contributed by atoms with Crippen molar-refractivity contribution >= 4 is 46.5 Å². The van der Waals surface area contributed by atoms with Crippen LogP contribution in [0.5, 0.6) is 0 Å². The molecule has 9 nitrogen and oxygen atoms in total. The lowest BCUT2D eigenvalue weighted by molar-refractivity contribution is -0.384. The van der Waals surface area contributed by atoms with E-state index in [-0.39, 0.29) is 28.2 Å². The Morgan fingerprint density at radius 3 is 2.68 bits per heavy atom. The van der Waals surface area contributed by atoms with Crippen molar-refractivity contribution in [3.8, 4) is 0 Å². The highest BCUT2D eigenvalue weighted by Crippen LogP contribution is 2.22. The molecule has 11 heteroatoms. The maximum atomic E-state index is 13.2. The minimum absolute atomic E-state index is 0.0596. The second-order valence-corrected chi connectivity index (χ2v) is 5.81. The Bertz CT molecular complexity index is 1050. The first-order chi connectivity index (χ1) is 13.4. The molecule has 142 valence electrons. The fourth-order valence-corrected chi connectivity index (χ4v) is 2.35. The number of carbonyl (C=O) groups is 1. The summed E-state index contributed by atoms with van der Waals surface area (Å²) < 4.78 is 13.2. The van der Waals surface area contributed by atoms with Gasteiger partial charge in [0.05, 0.1) is 9.95 Å². The molecule has 0 fully saturated rings. The number of benzene rings is 2. The number of carbonyl (C=O) groups excluding carboxylic acids is 1. The number of halogens is 2. The van der Waals surface area contributed by atoms with E-state index in [9.17, 15) is 19.3 Å². The molecule has 0 aliphatic carbocycles. The standard InChI is InChI=1S/C17H12ClFN6O3/c18-13-9-11(4-5-14(13)19)21-16-20-7-6-15(23-16)24-17(26)22-10-2-1-3-12(8-10)25(27)28/h1-9H,(H3,20,21,22,23,24,26). The van der Waals surface area contributed by atoms with Crippen LogP contribution >= 0.6 is 11.6 Å². The predicted molar refractivity (Wildman–Crippen MR) is 102 cm³/mol. The zero-order valence-electron chi connectivity index (χ0n) is 14.0. The van der Waals surface area contributed by atoms with Crippen LogP contribution in [0.25, 0.3) is 0 Å². The van der Waals surface area contributed by atoms with Crippen molar-refractivity contribution in [2.24, 2.45) is 0 Å².